The van der Waals surface area contributed by atoms with Gasteiger partial charge in [0.05, 0.1) is 7.11 Å². The van der Waals surface area contributed by atoms with Crippen molar-refractivity contribution >= 4 is 18.0 Å². The van der Waals surface area contributed by atoms with Gasteiger partial charge in [-0.05, 0) is 30.7 Å². The summed E-state index contributed by atoms with van der Waals surface area (Å²) >= 11 is 0. The Balaban J connectivity index is 2.79. The average molecular weight is 315 g/mol. The van der Waals surface area contributed by atoms with Crippen LogP contribution in [-0.4, -0.2) is 31.7 Å². The minimum atomic E-state index is -2.97. The predicted octanol–water partition coefficient (Wildman–Crippen LogP) is 1.73. The van der Waals surface area contributed by atoms with Crippen molar-refractivity contribution in [2.45, 2.75) is 19.6 Å². The molecule has 8 heteroatoms. The highest BCUT2D eigenvalue weighted by Crippen LogP contribution is 2.29. The van der Waals surface area contributed by atoms with Gasteiger partial charge in [-0.25, -0.2) is 4.79 Å². The van der Waals surface area contributed by atoms with Crippen molar-refractivity contribution in [3.05, 3.63) is 29.8 Å². The molecule has 1 aromatic rings. The van der Waals surface area contributed by atoms with E-state index in [-0.39, 0.29) is 11.5 Å². The first-order valence-electron chi connectivity index (χ1n) is 6.14. The van der Waals surface area contributed by atoms with Gasteiger partial charge in [-0.2, -0.15) is 8.78 Å². The Morgan fingerprint density at radius 1 is 1.27 bits per heavy atom. The lowest BCUT2D eigenvalue weighted by atomic mass is 10.2. The first kappa shape index (κ1) is 17.4. The van der Waals surface area contributed by atoms with E-state index in [9.17, 15) is 18.4 Å². The van der Waals surface area contributed by atoms with Crippen molar-refractivity contribution in [2.75, 3.05) is 7.11 Å². The van der Waals surface area contributed by atoms with E-state index in [1.807, 2.05) is 0 Å². The molecule has 0 unspecified atom stereocenters. The fourth-order valence-corrected chi connectivity index (χ4v) is 1.42. The van der Waals surface area contributed by atoms with Gasteiger partial charge in [0, 0.05) is 6.08 Å². The lowest BCUT2D eigenvalue weighted by molar-refractivity contribution is -0.148. The van der Waals surface area contributed by atoms with E-state index in [2.05, 4.69) is 4.74 Å². The highest BCUT2D eigenvalue weighted by Gasteiger charge is 2.13. The van der Waals surface area contributed by atoms with E-state index in [0.29, 0.717) is 5.56 Å². The van der Waals surface area contributed by atoms with Crippen LogP contribution >= 0.6 is 0 Å². The molecule has 1 rings (SSSR count). The number of nitrogens with two attached hydrogens (primary N) is 1. The molecule has 0 saturated carbocycles. The maximum atomic E-state index is 12.2. The van der Waals surface area contributed by atoms with Gasteiger partial charge in [0.2, 0.25) is 0 Å². The van der Waals surface area contributed by atoms with Gasteiger partial charge in [0.15, 0.2) is 17.6 Å². The molecule has 1 aromatic carbocycles. The maximum Gasteiger partial charge on any atom is 0.387 e. The summed E-state index contributed by atoms with van der Waals surface area (Å²) in [4.78, 5) is 22.2. The van der Waals surface area contributed by atoms with Gasteiger partial charge < -0.3 is 19.9 Å². The van der Waals surface area contributed by atoms with E-state index in [1.165, 1.54) is 38.3 Å². The van der Waals surface area contributed by atoms with E-state index in [0.717, 1.165) is 6.08 Å². The summed E-state index contributed by atoms with van der Waals surface area (Å²) in [7, 11) is 1.30. The summed E-state index contributed by atoms with van der Waals surface area (Å²) in [5.41, 5.74) is 5.44. The van der Waals surface area contributed by atoms with Crippen molar-refractivity contribution in [3.63, 3.8) is 0 Å². The van der Waals surface area contributed by atoms with Crippen molar-refractivity contribution in [1.82, 2.24) is 0 Å². The zero-order valence-electron chi connectivity index (χ0n) is 11.9. The number of primary amides is 1. The van der Waals surface area contributed by atoms with Crippen LogP contribution in [0.15, 0.2) is 24.3 Å². The van der Waals surface area contributed by atoms with Crippen LogP contribution in [0.25, 0.3) is 6.08 Å². The molecule has 0 fully saturated rings. The Kier molecular flexibility index (Phi) is 6.30. The zero-order valence-corrected chi connectivity index (χ0v) is 11.9. The van der Waals surface area contributed by atoms with Crippen molar-refractivity contribution < 1.29 is 32.6 Å². The summed E-state index contributed by atoms with van der Waals surface area (Å²) in [5.74, 6) is -1.57. The van der Waals surface area contributed by atoms with Crippen molar-refractivity contribution in [1.29, 1.82) is 0 Å². The highest BCUT2D eigenvalue weighted by atomic mass is 19.3. The Hall–Kier alpha value is -2.64. The van der Waals surface area contributed by atoms with Gasteiger partial charge in [-0.3, -0.25) is 4.79 Å². The van der Waals surface area contributed by atoms with Crippen LogP contribution in [0.3, 0.4) is 0 Å². The Morgan fingerprint density at radius 3 is 2.50 bits per heavy atom. The number of amides is 1. The SMILES string of the molecule is COc1cc(/C=C/C(=O)O[C@@H](C)C(N)=O)ccc1OC(F)F. The van der Waals surface area contributed by atoms with Crippen LogP contribution in [-0.2, 0) is 14.3 Å². The zero-order chi connectivity index (χ0) is 16.7. The topological polar surface area (TPSA) is 87.9 Å². The molecule has 0 bridgehead atoms. The third-order valence-electron chi connectivity index (χ3n) is 2.51. The molecule has 0 saturated heterocycles. The molecule has 6 nitrogen and oxygen atoms in total. The molecule has 0 heterocycles. The number of carbonyl (C=O) groups is 2. The molecule has 0 spiro atoms. The second-order valence-corrected chi connectivity index (χ2v) is 4.10. The summed E-state index contributed by atoms with van der Waals surface area (Å²) in [6.07, 6.45) is 1.39. The Morgan fingerprint density at radius 2 is 1.95 bits per heavy atom. The van der Waals surface area contributed by atoms with E-state index >= 15 is 0 Å². The van der Waals surface area contributed by atoms with Gasteiger partial charge in [-0.15, -0.1) is 0 Å². The van der Waals surface area contributed by atoms with Crippen LogP contribution in [0.4, 0.5) is 8.78 Å². The number of rotatable bonds is 7. The van der Waals surface area contributed by atoms with Gasteiger partial charge in [0.25, 0.3) is 5.91 Å². The number of hydrogen-bond acceptors (Lipinski definition) is 5. The fourth-order valence-electron chi connectivity index (χ4n) is 1.42. The Labute approximate surface area is 125 Å². The minimum absolute atomic E-state index is 0.0846. The molecule has 2 N–H and O–H groups in total. The Bertz CT molecular complexity index is 574. The second-order valence-electron chi connectivity index (χ2n) is 4.10. The van der Waals surface area contributed by atoms with Crippen molar-refractivity contribution in [3.8, 4) is 11.5 Å². The first-order chi connectivity index (χ1) is 10.3. The highest BCUT2D eigenvalue weighted by molar-refractivity contribution is 5.90. The predicted molar refractivity (Wildman–Crippen MR) is 73.4 cm³/mol. The average Bonchev–Trinajstić information content (AvgIpc) is 2.45. The normalized spacial score (nSPS) is 12.2. The lowest BCUT2D eigenvalue weighted by Gasteiger charge is -2.10. The summed E-state index contributed by atoms with van der Waals surface area (Å²) in [5, 5.41) is 0. The number of hydrogen-bond donors (Lipinski definition) is 1. The monoisotopic (exact) mass is 315 g/mol. The molecule has 22 heavy (non-hydrogen) atoms. The van der Waals surface area contributed by atoms with Crippen LogP contribution < -0.4 is 15.2 Å². The fraction of sp³-hybridized carbons (Fsp3) is 0.286. The molecule has 0 aliphatic heterocycles. The lowest BCUT2D eigenvalue weighted by Crippen LogP contribution is -2.29. The number of methoxy groups -OCH3 is 1. The van der Waals surface area contributed by atoms with Gasteiger partial charge in [0.1, 0.15) is 0 Å². The third-order valence-corrected chi connectivity index (χ3v) is 2.51. The van der Waals surface area contributed by atoms with E-state index < -0.39 is 24.6 Å². The molecule has 0 aliphatic rings. The first-order valence-corrected chi connectivity index (χ1v) is 6.14. The number of ether oxygens (including phenoxy) is 3. The summed E-state index contributed by atoms with van der Waals surface area (Å²) in [6.45, 7) is -1.63. The maximum absolute atomic E-state index is 12.2. The van der Waals surface area contributed by atoms with Crippen LogP contribution in [0.5, 0.6) is 11.5 Å². The quantitative estimate of drug-likeness (QED) is 0.611. The molecule has 1 atom stereocenters. The molecule has 120 valence electrons. The molecule has 0 aliphatic carbocycles. The number of halogens is 2. The molecular weight excluding hydrogens is 300 g/mol. The molecule has 1 amide bonds. The molecule has 0 radical (unpaired) electrons. The minimum Gasteiger partial charge on any atom is -0.493 e. The van der Waals surface area contributed by atoms with Crippen LogP contribution in [0.2, 0.25) is 0 Å². The smallest absolute Gasteiger partial charge is 0.387 e. The standard InChI is InChI=1S/C14H15F2NO5/c1-8(13(17)19)21-12(18)6-4-9-3-5-10(22-14(15)16)11(7-9)20-2/h3-8,14H,1-2H3,(H2,17,19)/b6-4+/t8-/m0/s1. The second kappa shape index (κ2) is 7.96. The van der Waals surface area contributed by atoms with E-state index in [1.54, 1.807) is 0 Å². The van der Waals surface area contributed by atoms with E-state index in [4.69, 9.17) is 15.2 Å². The number of benzene rings is 1. The van der Waals surface area contributed by atoms with Crippen molar-refractivity contribution in [2.24, 2.45) is 5.73 Å². The van der Waals surface area contributed by atoms with Crippen LogP contribution in [0, 0.1) is 0 Å². The largest absolute Gasteiger partial charge is 0.493 e. The number of alkyl halides is 2. The number of esters is 1. The van der Waals surface area contributed by atoms with Gasteiger partial charge in [-0.1, -0.05) is 6.07 Å². The van der Waals surface area contributed by atoms with Crippen LogP contribution in [0.1, 0.15) is 12.5 Å². The molecular formula is C14H15F2NO5. The van der Waals surface area contributed by atoms with Gasteiger partial charge >= 0.3 is 12.6 Å². The summed E-state index contributed by atoms with van der Waals surface area (Å²) < 4.78 is 38.3. The number of carbonyl (C=O) groups excluding carboxylic acids is 2. The summed E-state index contributed by atoms with van der Waals surface area (Å²) in [6, 6.07) is 4.13. The molecule has 0 aromatic heterocycles. The third kappa shape index (κ3) is 5.39.